The fourth-order valence-electron chi connectivity index (χ4n) is 1.87. The van der Waals surface area contributed by atoms with Gasteiger partial charge in [-0.3, -0.25) is 14.9 Å². The highest BCUT2D eigenvalue weighted by atomic mass is 19.1. The molecule has 0 saturated carbocycles. The minimum Gasteiger partial charge on any atom is -0.449 e. The number of halogens is 1. The fraction of sp³-hybridized carbons (Fsp3) is 0.167. The number of nitrogens with one attached hydrogen (secondary N) is 1. The van der Waals surface area contributed by atoms with Crippen LogP contribution in [0.1, 0.15) is 17.4 Å². The lowest BCUT2D eigenvalue weighted by Crippen LogP contribution is -2.30. The number of carbonyl (C=O) groups is 2. The number of nitrogens with two attached hydrogens (primary N) is 1. The molecule has 0 fully saturated rings. The van der Waals surface area contributed by atoms with Crippen LogP contribution in [0.3, 0.4) is 0 Å². The molecule has 1 heterocycles. The van der Waals surface area contributed by atoms with Crippen molar-refractivity contribution >= 4 is 29.2 Å². The third kappa shape index (κ3) is 3.11. The second kappa shape index (κ2) is 6.68. The number of aromatic amines is 1. The Kier molecular flexibility index (Phi) is 4.68. The predicted octanol–water partition coefficient (Wildman–Crippen LogP) is 1.25. The molecule has 2 amide bonds. The zero-order chi connectivity index (χ0) is 17.9. The highest BCUT2D eigenvalue weighted by Crippen LogP contribution is 2.34. The van der Waals surface area contributed by atoms with E-state index in [4.69, 9.17) is 10.5 Å². The van der Waals surface area contributed by atoms with E-state index in [1.807, 2.05) is 0 Å². The van der Waals surface area contributed by atoms with Crippen molar-refractivity contribution in [3.8, 4) is 0 Å². The van der Waals surface area contributed by atoms with Crippen LogP contribution in [-0.2, 0) is 4.74 Å². The molecule has 12 heteroatoms. The summed E-state index contributed by atoms with van der Waals surface area (Å²) in [6, 6.07) is 2.49. The van der Waals surface area contributed by atoms with Gasteiger partial charge in [-0.25, -0.2) is 14.1 Å². The van der Waals surface area contributed by atoms with Gasteiger partial charge in [-0.2, -0.15) is 5.21 Å². The van der Waals surface area contributed by atoms with E-state index in [-0.39, 0.29) is 12.3 Å². The molecular formula is C12H11FN6O5. The van der Waals surface area contributed by atoms with Gasteiger partial charge in [0.2, 0.25) is 0 Å². The molecule has 126 valence electrons. The molecular weight excluding hydrogens is 327 g/mol. The Morgan fingerprint density at radius 1 is 1.46 bits per heavy atom. The van der Waals surface area contributed by atoms with Gasteiger partial charge < -0.3 is 10.5 Å². The maximum atomic E-state index is 13.3. The molecule has 2 aromatic rings. The van der Waals surface area contributed by atoms with Crippen LogP contribution in [0.5, 0.6) is 0 Å². The van der Waals surface area contributed by atoms with Crippen LogP contribution in [0.2, 0.25) is 0 Å². The molecule has 0 spiro atoms. The number of benzene rings is 1. The standard InChI is InChI=1S/C12H11FN6O5/c1-2-24-12(21)18(11-9(10(14)20)15-17-16-11)7-4-3-6(13)5-8(7)19(22)23/h3-5H,2H2,1H3,(H2,14,20)(H,15,16,17). The largest absolute Gasteiger partial charge is 0.449 e. The number of nitro groups is 1. The van der Waals surface area contributed by atoms with Crippen molar-refractivity contribution in [2.75, 3.05) is 11.5 Å². The molecule has 1 aromatic carbocycles. The molecule has 0 aliphatic carbocycles. The first-order valence-electron chi connectivity index (χ1n) is 6.48. The molecule has 0 atom stereocenters. The summed E-state index contributed by atoms with van der Waals surface area (Å²) < 4.78 is 18.1. The molecule has 0 aliphatic heterocycles. The van der Waals surface area contributed by atoms with Gasteiger partial charge in [0.1, 0.15) is 11.5 Å². The number of amides is 2. The number of aromatic nitrogens is 3. The van der Waals surface area contributed by atoms with Crippen LogP contribution < -0.4 is 10.6 Å². The highest BCUT2D eigenvalue weighted by Gasteiger charge is 2.32. The normalized spacial score (nSPS) is 10.2. The number of hydrogen-bond acceptors (Lipinski definition) is 7. The van der Waals surface area contributed by atoms with Gasteiger partial charge in [-0.1, -0.05) is 0 Å². The van der Waals surface area contributed by atoms with E-state index in [1.54, 1.807) is 0 Å². The predicted molar refractivity (Wildman–Crippen MR) is 77.1 cm³/mol. The summed E-state index contributed by atoms with van der Waals surface area (Å²) in [5, 5.41) is 20.4. The summed E-state index contributed by atoms with van der Waals surface area (Å²) in [7, 11) is 0. The number of H-pyrrole nitrogens is 1. The number of nitro benzene ring substituents is 1. The van der Waals surface area contributed by atoms with Crippen molar-refractivity contribution in [2.24, 2.45) is 5.73 Å². The van der Waals surface area contributed by atoms with E-state index in [9.17, 15) is 24.1 Å². The van der Waals surface area contributed by atoms with Crippen LogP contribution in [0.15, 0.2) is 18.2 Å². The maximum Gasteiger partial charge on any atom is 0.420 e. The van der Waals surface area contributed by atoms with Crippen LogP contribution >= 0.6 is 0 Å². The van der Waals surface area contributed by atoms with Gasteiger partial charge in [0.15, 0.2) is 11.5 Å². The van der Waals surface area contributed by atoms with Crippen LogP contribution in [0, 0.1) is 15.9 Å². The average molecular weight is 338 g/mol. The molecule has 0 saturated heterocycles. The van der Waals surface area contributed by atoms with Gasteiger partial charge in [0.05, 0.1) is 17.6 Å². The van der Waals surface area contributed by atoms with Crippen LogP contribution in [0.25, 0.3) is 0 Å². The van der Waals surface area contributed by atoms with E-state index in [0.717, 1.165) is 12.1 Å². The summed E-state index contributed by atoms with van der Waals surface area (Å²) in [5.41, 5.74) is 3.59. The zero-order valence-corrected chi connectivity index (χ0v) is 12.2. The molecule has 24 heavy (non-hydrogen) atoms. The summed E-state index contributed by atoms with van der Waals surface area (Å²) in [4.78, 5) is 34.5. The SMILES string of the molecule is CCOC(=O)N(c1ccc(F)cc1[N+](=O)[O-])c1n[nH]nc1C(N)=O. The summed E-state index contributed by atoms with van der Waals surface area (Å²) in [6.07, 6.45) is -1.08. The van der Waals surface area contributed by atoms with Crippen molar-refractivity contribution < 1.29 is 23.6 Å². The number of nitrogens with zero attached hydrogens (tertiary/aromatic N) is 4. The molecule has 0 radical (unpaired) electrons. The Labute approximate surface area is 133 Å². The average Bonchev–Trinajstić information content (AvgIpc) is 2.98. The minimum atomic E-state index is -1.08. The Hall–Kier alpha value is -3.57. The lowest BCUT2D eigenvalue weighted by Gasteiger charge is -2.19. The Balaban J connectivity index is 2.68. The molecule has 3 N–H and O–H groups in total. The number of primary amides is 1. The Morgan fingerprint density at radius 2 is 2.17 bits per heavy atom. The first kappa shape index (κ1) is 16.8. The van der Waals surface area contributed by atoms with Crippen LogP contribution in [-0.4, -0.2) is 38.9 Å². The van der Waals surface area contributed by atoms with Crippen molar-refractivity contribution in [1.82, 2.24) is 15.4 Å². The molecule has 0 bridgehead atoms. The lowest BCUT2D eigenvalue weighted by molar-refractivity contribution is -0.384. The zero-order valence-electron chi connectivity index (χ0n) is 12.2. The lowest BCUT2D eigenvalue weighted by atomic mass is 10.2. The molecule has 11 nitrogen and oxygen atoms in total. The second-order valence-corrected chi connectivity index (χ2v) is 4.28. The third-order valence-corrected chi connectivity index (χ3v) is 2.80. The maximum absolute atomic E-state index is 13.3. The van der Waals surface area contributed by atoms with E-state index < -0.39 is 39.9 Å². The number of ether oxygens (including phenoxy) is 1. The highest BCUT2D eigenvalue weighted by molar-refractivity contribution is 6.04. The molecule has 1 aromatic heterocycles. The third-order valence-electron chi connectivity index (χ3n) is 2.80. The van der Waals surface area contributed by atoms with E-state index in [2.05, 4.69) is 15.4 Å². The van der Waals surface area contributed by atoms with Crippen LogP contribution in [0.4, 0.5) is 26.4 Å². The van der Waals surface area contributed by atoms with Crippen molar-refractivity contribution in [3.05, 3.63) is 39.8 Å². The van der Waals surface area contributed by atoms with E-state index >= 15 is 0 Å². The van der Waals surface area contributed by atoms with Gasteiger partial charge in [-0.15, -0.1) is 10.2 Å². The molecule has 0 unspecified atom stereocenters. The van der Waals surface area contributed by atoms with Crippen molar-refractivity contribution in [1.29, 1.82) is 0 Å². The molecule has 2 rings (SSSR count). The van der Waals surface area contributed by atoms with Crippen molar-refractivity contribution in [2.45, 2.75) is 6.92 Å². The second-order valence-electron chi connectivity index (χ2n) is 4.28. The Morgan fingerprint density at radius 3 is 2.75 bits per heavy atom. The van der Waals surface area contributed by atoms with E-state index in [0.29, 0.717) is 11.0 Å². The Bertz CT molecular complexity index is 807. The smallest absolute Gasteiger partial charge is 0.420 e. The van der Waals surface area contributed by atoms with Gasteiger partial charge >= 0.3 is 6.09 Å². The topological polar surface area (TPSA) is 157 Å². The van der Waals surface area contributed by atoms with Gasteiger partial charge in [0, 0.05) is 0 Å². The van der Waals surface area contributed by atoms with Gasteiger partial charge in [0.25, 0.3) is 11.6 Å². The summed E-state index contributed by atoms with van der Waals surface area (Å²) in [6.45, 7) is 1.45. The molecule has 0 aliphatic rings. The van der Waals surface area contributed by atoms with Gasteiger partial charge in [-0.05, 0) is 19.1 Å². The quantitative estimate of drug-likeness (QED) is 0.613. The first-order chi connectivity index (χ1) is 11.4. The fourth-order valence-corrected chi connectivity index (χ4v) is 1.87. The van der Waals surface area contributed by atoms with E-state index in [1.165, 1.54) is 6.92 Å². The minimum absolute atomic E-state index is 0.0614. The number of rotatable bonds is 5. The first-order valence-corrected chi connectivity index (χ1v) is 6.48. The number of hydrogen-bond donors (Lipinski definition) is 2. The summed E-state index contributed by atoms with van der Waals surface area (Å²) >= 11 is 0. The van der Waals surface area contributed by atoms with Crippen molar-refractivity contribution in [3.63, 3.8) is 0 Å². The number of anilines is 2. The summed E-state index contributed by atoms with van der Waals surface area (Å²) in [5.74, 6) is -2.32. The number of carbonyl (C=O) groups excluding carboxylic acids is 2. The monoisotopic (exact) mass is 338 g/mol.